The van der Waals surface area contributed by atoms with Gasteiger partial charge in [-0.25, -0.2) is 9.59 Å². The molecule has 1 fully saturated rings. The van der Waals surface area contributed by atoms with Gasteiger partial charge in [0, 0.05) is 38.6 Å². The molecule has 3 amide bonds. The first-order chi connectivity index (χ1) is 16.1. The second-order valence-electron chi connectivity index (χ2n) is 7.95. The SMILES string of the molecule is CCOC(=O)N1CCN(C(=O)C(C)n2cc(NC(=O)C(C)n3ccc(C(=O)O)n3)c(C)n2)CC1. The summed E-state index contributed by atoms with van der Waals surface area (Å²) in [5, 5.41) is 20.0. The normalized spacial score (nSPS) is 15.5. The van der Waals surface area contributed by atoms with Crippen LogP contribution in [0.4, 0.5) is 10.5 Å². The van der Waals surface area contributed by atoms with Gasteiger partial charge in [-0.1, -0.05) is 0 Å². The molecule has 0 aliphatic carbocycles. The van der Waals surface area contributed by atoms with Crippen LogP contribution < -0.4 is 5.32 Å². The highest BCUT2D eigenvalue weighted by Gasteiger charge is 2.29. The zero-order valence-electron chi connectivity index (χ0n) is 19.6. The number of carbonyl (C=O) groups is 4. The number of carboxylic acid groups (broad SMARTS) is 1. The van der Waals surface area contributed by atoms with Gasteiger partial charge in [-0.2, -0.15) is 10.2 Å². The molecule has 1 saturated heterocycles. The average Bonchev–Trinajstić information content (AvgIpc) is 3.45. The van der Waals surface area contributed by atoms with Crippen LogP contribution in [-0.4, -0.2) is 91.1 Å². The third-order valence-corrected chi connectivity index (χ3v) is 5.65. The van der Waals surface area contributed by atoms with Gasteiger partial charge in [-0.05, 0) is 33.8 Å². The molecule has 2 unspecified atom stereocenters. The standard InChI is InChI=1S/C21H29N7O6/c1-5-34-21(33)26-10-8-25(9-11-26)19(30)15(4)28-12-17(13(2)23-28)22-18(29)14(3)27-7-6-16(24-27)20(31)32/h6-7,12,14-15H,5,8-11H2,1-4H3,(H,22,29)(H,31,32). The van der Waals surface area contributed by atoms with E-state index in [-0.39, 0.29) is 17.7 Å². The second-order valence-corrected chi connectivity index (χ2v) is 7.95. The lowest BCUT2D eigenvalue weighted by Gasteiger charge is -2.35. The molecule has 2 aromatic heterocycles. The maximum atomic E-state index is 13.0. The molecule has 13 heteroatoms. The summed E-state index contributed by atoms with van der Waals surface area (Å²) in [4.78, 5) is 51.7. The van der Waals surface area contributed by atoms with Crippen molar-refractivity contribution < 1.29 is 29.0 Å². The first-order valence-electron chi connectivity index (χ1n) is 11.0. The molecule has 2 N–H and O–H groups in total. The van der Waals surface area contributed by atoms with Crippen molar-refractivity contribution in [2.75, 3.05) is 38.1 Å². The maximum Gasteiger partial charge on any atom is 0.409 e. The van der Waals surface area contributed by atoms with Crippen molar-refractivity contribution in [1.82, 2.24) is 29.4 Å². The van der Waals surface area contributed by atoms with Crippen molar-refractivity contribution in [3.63, 3.8) is 0 Å². The first-order valence-corrected chi connectivity index (χ1v) is 11.0. The number of hydrogen-bond acceptors (Lipinski definition) is 7. The number of hydrogen-bond donors (Lipinski definition) is 2. The number of amides is 3. The van der Waals surface area contributed by atoms with Crippen molar-refractivity contribution in [3.8, 4) is 0 Å². The van der Waals surface area contributed by atoms with E-state index in [1.54, 1.807) is 43.7 Å². The molecule has 184 valence electrons. The molecular weight excluding hydrogens is 446 g/mol. The fourth-order valence-electron chi connectivity index (χ4n) is 3.53. The third-order valence-electron chi connectivity index (χ3n) is 5.65. The Balaban J connectivity index is 1.61. The Bertz CT molecular complexity index is 1070. The van der Waals surface area contributed by atoms with E-state index >= 15 is 0 Å². The molecule has 1 aliphatic heterocycles. The highest BCUT2D eigenvalue weighted by molar-refractivity contribution is 5.94. The van der Waals surface area contributed by atoms with Gasteiger partial charge in [0.25, 0.3) is 0 Å². The minimum atomic E-state index is -1.18. The summed E-state index contributed by atoms with van der Waals surface area (Å²) in [5.74, 6) is -1.73. The number of piperazine rings is 1. The summed E-state index contributed by atoms with van der Waals surface area (Å²) in [6.45, 7) is 8.65. The number of nitrogens with zero attached hydrogens (tertiary/aromatic N) is 6. The van der Waals surface area contributed by atoms with Crippen LogP contribution in [0.1, 0.15) is 49.0 Å². The molecule has 0 saturated carbocycles. The lowest BCUT2D eigenvalue weighted by molar-refractivity contribution is -0.136. The van der Waals surface area contributed by atoms with Crippen LogP contribution in [0, 0.1) is 6.92 Å². The predicted octanol–water partition coefficient (Wildman–Crippen LogP) is 1.15. The van der Waals surface area contributed by atoms with E-state index in [2.05, 4.69) is 15.5 Å². The smallest absolute Gasteiger partial charge is 0.409 e. The van der Waals surface area contributed by atoms with Crippen molar-refractivity contribution in [1.29, 1.82) is 0 Å². The molecule has 0 spiro atoms. The van der Waals surface area contributed by atoms with Crippen molar-refractivity contribution in [3.05, 3.63) is 29.8 Å². The molecular formula is C21H29N7O6. The quantitative estimate of drug-likeness (QED) is 0.605. The summed E-state index contributed by atoms with van der Waals surface area (Å²) in [6.07, 6.45) is 2.63. The molecule has 13 nitrogen and oxygen atoms in total. The van der Waals surface area contributed by atoms with Crippen LogP contribution in [0.3, 0.4) is 0 Å². The minimum Gasteiger partial charge on any atom is -0.476 e. The number of aryl methyl sites for hydroxylation is 1. The number of anilines is 1. The van der Waals surface area contributed by atoms with Gasteiger partial charge in [0.05, 0.1) is 18.0 Å². The van der Waals surface area contributed by atoms with E-state index in [9.17, 15) is 19.2 Å². The Morgan fingerprint density at radius 2 is 1.71 bits per heavy atom. The fraction of sp³-hybridized carbons (Fsp3) is 0.524. The average molecular weight is 476 g/mol. The van der Waals surface area contributed by atoms with Crippen LogP contribution in [0.15, 0.2) is 18.5 Å². The molecule has 0 bridgehead atoms. The Morgan fingerprint density at radius 1 is 1.06 bits per heavy atom. The van der Waals surface area contributed by atoms with Crippen LogP contribution in [-0.2, 0) is 14.3 Å². The molecule has 3 heterocycles. The summed E-state index contributed by atoms with van der Waals surface area (Å²) in [7, 11) is 0. The Hall–Kier alpha value is -3.90. The zero-order valence-corrected chi connectivity index (χ0v) is 19.6. The number of carboxylic acids is 1. The summed E-state index contributed by atoms with van der Waals surface area (Å²) in [6, 6.07) is -0.0549. The van der Waals surface area contributed by atoms with Gasteiger partial charge in [-0.3, -0.25) is 19.0 Å². The van der Waals surface area contributed by atoms with Gasteiger partial charge >= 0.3 is 12.1 Å². The molecule has 1 aliphatic rings. The fourth-order valence-corrected chi connectivity index (χ4v) is 3.53. The third kappa shape index (κ3) is 5.35. The van der Waals surface area contributed by atoms with Crippen LogP contribution in [0.5, 0.6) is 0 Å². The van der Waals surface area contributed by atoms with Gasteiger partial charge in [0.15, 0.2) is 5.69 Å². The van der Waals surface area contributed by atoms with E-state index in [4.69, 9.17) is 9.84 Å². The molecule has 0 aromatic carbocycles. The van der Waals surface area contributed by atoms with Crippen LogP contribution in [0.25, 0.3) is 0 Å². The van der Waals surface area contributed by atoms with Crippen molar-refractivity contribution >= 4 is 29.6 Å². The number of aromatic carboxylic acids is 1. The van der Waals surface area contributed by atoms with E-state index in [0.717, 1.165) is 0 Å². The predicted molar refractivity (Wildman–Crippen MR) is 119 cm³/mol. The van der Waals surface area contributed by atoms with Gasteiger partial charge in [0.2, 0.25) is 11.8 Å². The van der Waals surface area contributed by atoms with E-state index in [1.807, 2.05) is 0 Å². The number of aromatic nitrogens is 4. The van der Waals surface area contributed by atoms with Crippen LogP contribution >= 0.6 is 0 Å². The summed E-state index contributed by atoms with van der Waals surface area (Å²) >= 11 is 0. The van der Waals surface area contributed by atoms with Crippen molar-refractivity contribution in [2.24, 2.45) is 0 Å². The number of rotatable bonds is 7. The number of nitrogens with one attached hydrogen (secondary N) is 1. The molecule has 2 aromatic rings. The largest absolute Gasteiger partial charge is 0.476 e. The maximum absolute atomic E-state index is 13.0. The first kappa shape index (κ1) is 24.7. The monoisotopic (exact) mass is 475 g/mol. The van der Waals surface area contributed by atoms with E-state index in [0.29, 0.717) is 44.2 Å². The molecule has 0 radical (unpaired) electrons. The highest BCUT2D eigenvalue weighted by Crippen LogP contribution is 2.20. The molecule has 3 rings (SSSR count). The summed E-state index contributed by atoms with van der Waals surface area (Å²) < 4.78 is 7.76. The summed E-state index contributed by atoms with van der Waals surface area (Å²) in [5.41, 5.74) is 0.812. The lowest BCUT2D eigenvalue weighted by atomic mass is 10.2. The van der Waals surface area contributed by atoms with Gasteiger partial charge in [0.1, 0.15) is 12.1 Å². The highest BCUT2D eigenvalue weighted by atomic mass is 16.6. The topological polar surface area (TPSA) is 152 Å². The Labute approximate surface area is 196 Å². The van der Waals surface area contributed by atoms with Gasteiger partial charge in [-0.15, -0.1) is 0 Å². The van der Waals surface area contributed by atoms with Gasteiger partial charge < -0.3 is 25.0 Å². The minimum absolute atomic E-state index is 0.144. The number of carbonyl (C=O) groups excluding carboxylic acids is 3. The van der Waals surface area contributed by atoms with Crippen molar-refractivity contribution in [2.45, 2.75) is 39.8 Å². The lowest BCUT2D eigenvalue weighted by Crippen LogP contribution is -2.52. The van der Waals surface area contributed by atoms with E-state index in [1.165, 1.54) is 21.6 Å². The zero-order chi connectivity index (χ0) is 25.0. The number of ether oxygens (including phenoxy) is 1. The molecule has 2 atom stereocenters. The molecule has 34 heavy (non-hydrogen) atoms. The van der Waals surface area contributed by atoms with E-state index < -0.39 is 24.0 Å². The second kappa shape index (κ2) is 10.4. The van der Waals surface area contributed by atoms with Crippen LogP contribution in [0.2, 0.25) is 0 Å². The Kier molecular flexibility index (Phi) is 7.54. The Morgan fingerprint density at radius 3 is 2.29 bits per heavy atom.